The van der Waals surface area contributed by atoms with E-state index in [0.717, 1.165) is 121 Å². The average Bonchev–Trinajstić information content (AvgIpc) is 3.59. The summed E-state index contributed by atoms with van der Waals surface area (Å²) in [5, 5.41) is 10.6. The van der Waals surface area contributed by atoms with Crippen molar-refractivity contribution in [1.82, 2.24) is 0 Å². The van der Waals surface area contributed by atoms with Crippen LogP contribution in [-0.4, -0.2) is 96.7 Å². The Kier molecular flexibility index (Phi) is 57.9. The molecule has 0 aromatic carbocycles. The van der Waals surface area contributed by atoms with Gasteiger partial charge in [0.05, 0.1) is 26.4 Å². The summed E-state index contributed by atoms with van der Waals surface area (Å²) in [7, 11) is -9.91. The van der Waals surface area contributed by atoms with Gasteiger partial charge in [-0.1, -0.05) is 265 Å². The third kappa shape index (κ3) is 61.1. The van der Waals surface area contributed by atoms with E-state index in [9.17, 15) is 43.2 Å². The first-order chi connectivity index (χ1) is 42.3. The van der Waals surface area contributed by atoms with Crippen LogP contribution in [0.4, 0.5) is 0 Å². The largest absolute Gasteiger partial charge is 0.472 e. The molecule has 0 amide bonds. The van der Waals surface area contributed by atoms with E-state index >= 15 is 0 Å². The minimum atomic E-state index is -4.96. The summed E-state index contributed by atoms with van der Waals surface area (Å²) < 4.78 is 68.1. The molecule has 0 aliphatic carbocycles. The number of carbonyl (C=O) groups excluding carboxylic acids is 4. The second-order valence-corrected chi connectivity index (χ2v) is 28.3. The second-order valence-electron chi connectivity index (χ2n) is 25.4. The number of unbranched alkanes of at least 4 members (excludes halogenated alkanes) is 29. The standard InChI is InChI=1S/C69H130O17P2/c1-8-10-11-12-13-14-15-16-17-18-19-22-29-38-45-52-68(73)86-65(57-80-67(72)51-44-37-32-31-34-41-48-61(5)6)59-84-88(77,78)82-55-63(70)54-81-87(75,76)83-58-64(85-69(74)53-46-39-30-23-20-21-26-33-40-47-60(3)4)56-79-66(71)50-43-36-28-25-24-27-35-42-49-62(7)9-2/h14-17,60-65,70H,8-13,18-59H2,1-7H3,(H,75,76)(H,77,78)/b15-14-,17-16-/t62?,63-,64-,65-/m1/s1. The highest BCUT2D eigenvalue weighted by Gasteiger charge is 2.30. The van der Waals surface area contributed by atoms with Crippen molar-refractivity contribution < 1.29 is 80.2 Å². The number of phosphoric acid groups is 2. The van der Waals surface area contributed by atoms with E-state index in [-0.39, 0.29) is 25.7 Å². The SMILES string of the molecule is CCCCCC/C=C\C=C/CCCCCCCC(=O)O[C@H](COC(=O)CCCCCCCCC(C)C)COP(=O)(O)OC[C@H](O)COP(=O)(O)OC[C@@H](COC(=O)CCCCCCCCCCC(C)CC)OC(=O)CCCCCCCCCCCC(C)C. The van der Waals surface area contributed by atoms with Crippen LogP contribution in [0.2, 0.25) is 0 Å². The predicted molar refractivity (Wildman–Crippen MR) is 354 cm³/mol. The minimum absolute atomic E-state index is 0.0834. The highest BCUT2D eigenvalue weighted by molar-refractivity contribution is 7.47. The summed E-state index contributed by atoms with van der Waals surface area (Å²) in [6.07, 6.45) is 45.4. The lowest BCUT2D eigenvalue weighted by Crippen LogP contribution is -2.30. The van der Waals surface area contributed by atoms with Crippen molar-refractivity contribution in [1.29, 1.82) is 0 Å². The van der Waals surface area contributed by atoms with Crippen LogP contribution in [-0.2, 0) is 65.4 Å². The molecule has 0 aliphatic heterocycles. The van der Waals surface area contributed by atoms with Crippen LogP contribution in [0.5, 0.6) is 0 Å². The molecule has 6 atom stereocenters. The molecule has 0 aromatic heterocycles. The van der Waals surface area contributed by atoms with Gasteiger partial charge in [0.2, 0.25) is 0 Å². The Morgan fingerprint density at radius 2 is 0.670 bits per heavy atom. The Morgan fingerprint density at radius 1 is 0.375 bits per heavy atom. The molecular weight excluding hydrogens is 1160 g/mol. The molecule has 19 heteroatoms. The summed E-state index contributed by atoms with van der Waals surface area (Å²) in [6.45, 7) is 11.7. The van der Waals surface area contributed by atoms with Gasteiger partial charge in [-0.05, 0) is 69.1 Å². The van der Waals surface area contributed by atoms with Gasteiger partial charge in [-0.2, -0.15) is 0 Å². The molecule has 3 unspecified atom stereocenters. The van der Waals surface area contributed by atoms with Gasteiger partial charge < -0.3 is 33.8 Å². The van der Waals surface area contributed by atoms with Crippen molar-refractivity contribution in [3.63, 3.8) is 0 Å². The number of carbonyl (C=O) groups is 4. The fraction of sp³-hybridized carbons (Fsp3) is 0.884. The van der Waals surface area contributed by atoms with Gasteiger partial charge in [-0.3, -0.25) is 37.3 Å². The predicted octanol–water partition coefficient (Wildman–Crippen LogP) is 19.0. The molecule has 0 heterocycles. The second kappa shape index (κ2) is 59.5. The van der Waals surface area contributed by atoms with E-state index in [0.29, 0.717) is 31.6 Å². The molecule has 0 rings (SSSR count). The lowest BCUT2D eigenvalue weighted by Gasteiger charge is -2.21. The van der Waals surface area contributed by atoms with Crippen molar-refractivity contribution >= 4 is 39.5 Å². The number of aliphatic hydroxyl groups is 1. The third-order valence-electron chi connectivity index (χ3n) is 15.6. The van der Waals surface area contributed by atoms with Crippen LogP contribution >= 0.6 is 15.6 Å². The summed E-state index contributed by atoms with van der Waals surface area (Å²) >= 11 is 0. The molecule has 0 aromatic rings. The van der Waals surface area contributed by atoms with E-state index in [1.807, 2.05) is 0 Å². The van der Waals surface area contributed by atoms with Crippen LogP contribution in [0.1, 0.15) is 318 Å². The maximum absolute atomic E-state index is 13.0. The minimum Gasteiger partial charge on any atom is -0.462 e. The fourth-order valence-electron chi connectivity index (χ4n) is 9.79. The molecular formula is C69H130O17P2. The zero-order chi connectivity index (χ0) is 65.2. The van der Waals surface area contributed by atoms with Crippen molar-refractivity contribution in [2.75, 3.05) is 39.6 Å². The van der Waals surface area contributed by atoms with Crippen LogP contribution in [0.25, 0.3) is 0 Å². The van der Waals surface area contributed by atoms with Crippen molar-refractivity contribution in [3.05, 3.63) is 24.3 Å². The molecule has 0 saturated heterocycles. The summed E-state index contributed by atoms with van der Waals surface area (Å²) in [5.74, 6) is 0.0249. The zero-order valence-electron chi connectivity index (χ0n) is 56.7. The van der Waals surface area contributed by atoms with Gasteiger partial charge in [-0.25, -0.2) is 9.13 Å². The number of allylic oxidation sites excluding steroid dienone is 4. The molecule has 0 fully saturated rings. The Balaban J connectivity index is 5.29. The Hall–Kier alpha value is -2.46. The van der Waals surface area contributed by atoms with Crippen molar-refractivity contribution in [2.24, 2.45) is 17.8 Å². The topological polar surface area (TPSA) is 237 Å². The first-order valence-corrected chi connectivity index (χ1v) is 38.2. The van der Waals surface area contributed by atoms with Crippen LogP contribution in [0.15, 0.2) is 24.3 Å². The lowest BCUT2D eigenvalue weighted by atomic mass is 9.99. The smallest absolute Gasteiger partial charge is 0.462 e. The van der Waals surface area contributed by atoms with Gasteiger partial charge in [-0.15, -0.1) is 0 Å². The lowest BCUT2D eigenvalue weighted by molar-refractivity contribution is -0.161. The maximum atomic E-state index is 13.0. The average molecular weight is 1290 g/mol. The first-order valence-electron chi connectivity index (χ1n) is 35.2. The Bertz CT molecular complexity index is 1830. The van der Waals surface area contributed by atoms with Crippen LogP contribution in [0, 0.1) is 17.8 Å². The molecule has 0 bridgehead atoms. The maximum Gasteiger partial charge on any atom is 0.472 e. The molecule has 0 aliphatic rings. The Labute approximate surface area is 535 Å². The zero-order valence-corrected chi connectivity index (χ0v) is 58.5. The molecule has 0 radical (unpaired) electrons. The highest BCUT2D eigenvalue weighted by atomic mass is 31.2. The first kappa shape index (κ1) is 85.5. The quantitative estimate of drug-likeness (QED) is 0.0169. The van der Waals surface area contributed by atoms with E-state index in [1.54, 1.807) is 0 Å². The van der Waals surface area contributed by atoms with Crippen LogP contribution in [0.3, 0.4) is 0 Å². The van der Waals surface area contributed by atoms with Gasteiger partial charge in [0.25, 0.3) is 0 Å². The summed E-state index contributed by atoms with van der Waals surface area (Å²) in [4.78, 5) is 72.4. The number of hydrogen-bond acceptors (Lipinski definition) is 15. The number of phosphoric ester groups is 2. The van der Waals surface area contributed by atoms with E-state index in [2.05, 4.69) is 72.8 Å². The van der Waals surface area contributed by atoms with Gasteiger partial charge in [0.15, 0.2) is 12.2 Å². The number of ether oxygens (including phenoxy) is 4. The Morgan fingerprint density at radius 3 is 1.01 bits per heavy atom. The third-order valence-corrected chi connectivity index (χ3v) is 17.5. The number of rotatable bonds is 65. The fourth-order valence-corrected chi connectivity index (χ4v) is 11.4. The molecule has 518 valence electrons. The molecule has 0 saturated carbocycles. The van der Waals surface area contributed by atoms with Crippen molar-refractivity contribution in [3.8, 4) is 0 Å². The van der Waals surface area contributed by atoms with E-state index < -0.39 is 97.5 Å². The number of hydrogen-bond donors (Lipinski definition) is 3. The normalized spacial score (nSPS) is 14.7. The van der Waals surface area contributed by atoms with E-state index in [1.165, 1.54) is 109 Å². The highest BCUT2D eigenvalue weighted by Crippen LogP contribution is 2.45. The van der Waals surface area contributed by atoms with Gasteiger partial charge in [0, 0.05) is 25.7 Å². The van der Waals surface area contributed by atoms with Gasteiger partial charge >= 0.3 is 39.5 Å². The van der Waals surface area contributed by atoms with E-state index in [4.69, 9.17) is 37.0 Å². The molecule has 3 N–H and O–H groups in total. The van der Waals surface area contributed by atoms with Crippen molar-refractivity contribution in [2.45, 2.75) is 336 Å². The molecule has 0 spiro atoms. The summed E-state index contributed by atoms with van der Waals surface area (Å²) in [5.41, 5.74) is 0. The monoisotopic (exact) mass is 1290 g/mol. The summed E-state index contributed by atoms with van der Waals surface area (Å²) in [6, 6.07) is 0. The molecule has 17 nitrogen and oxygen atoms in total. The van der Waals surface area contributed by atoms with Crippen LogP contribution < -0.4 is 0 Å². The molecule has 88 heavy (non-hydrogen) atoms. The number of esters is 4. The van der Waals surface area contributed by atoms with Gasteiger partial charge in [0.1, 0.15) is 19.3 Å². The number of aliphatic hydroxyl groups excluding tert-OH is 1.